The molecular weight excluding hydrogens is 316 g/mol. The smallest absolute Gasteiger partial charge is 0.274 e. The second-order valence-corrected chi connectivity index (χ2v) is 6.93. The lowest BCUT2D eigenvalue weighted by Gasteiger charge is -2.35. The predicted molar refractivity (Wildman–Crippen MR) is 96.7 cm³/mol. The van der Waals surface area contributed by atoms with E-state index in [9.17, 15) is 4.79 Å². The molecule has 1 amide bonds. The van der Waals surface area contributed by atoms with Crippen LogP contribution >= 0.6 is 0 Å². The summed E-state index contributed by atoms with van der Waals surface area (Å²) in [6, 6.07) is 5.81. The Kier molecular flexibility index (Phi) is 5.01. The summed E-state index contributed by atoms with van der Waals surface area (Å²) < 4.78 is 2.01. The highest BCUT2D eigenvalue weighted by Gasteiger charge is 2.29. The molecule has 0 unspecified atom stereocenters. The van der Waals surface area contributed by atoms with Crippen LogP contribution in [0.3, 0.4) is 0 Å². The first-order chi connectivity index (χ1) is 12.0. The molecule has 2 aromatic heterocycles. The first-order valence-electron chi connectivity index (χ1n) is 8.79. The molecule has 1 saturated heterocycles. The van der Waals surface area contributed by atoms with E-state index in [4.69, 9.17) is 0 Å². The summed E-state index contributed by atoms with van der Waals surface area (Å²) in [5.41, 5.74) is 2.55. The lowest BCUT2D eigenvalue weighted by Crippen LogP contribution is -2.46. The van der Waals surface area contributed by atoms with E-state index in [-0.39, 0.29) is 11.9 Å². The summed E-state index contributed by atoms with van der Waals surface area (Å²) in [4.78, 5) is 16.8. The van der Waals surface area contributed by atoms with Crippen molar-refractivity contribution >= 4 is 11.7 Å². The zero-order chi connectivity index (χ0) is 18.0. The van der Waals surface area contributed by atoms with Crippen molar-refractivity contribution in [1.82, 2.24) is 24.9 Å². The second-order valence-electron chi connectivity index (χ2n) is 6.93. The minimum absolute atomic E-state index is 0.0379. The summed E-state index contributed by atoms with van der Waals surface area (Å²) in [5.74, 6) is 0.707. The molecule has 0 bridgehead atoms. The van der Waals surface area contributed by atoms with Gasteiger partial charge >= 0.3 is 0 Å². The second kappa shape index (κ2) is 7.21. The molecule has 0 N–H and O–H groups in total. The Morgan fingerprint density at radius 3 is 2.64 bits per heavy atom. The molecule has 134 valence electrons. The van der Waals surface area contributed by atoms with Crippen LogP contribution in [0.1, 0.15) is 41.1 Å². The summed E-state index contributed by atoms with van der Waals surface area (Å²) in [5, 5.41) is 12.8. The number of carbonyl (C=O) groups is 1. The van der Waals surface area contributed by atoms with Crippen molar-refractivity contribution in [1.29, 1.82) is 0 Å². The number of nitrogens with zero attached hydrogens (tertiary/aromatic N) is 6. The van der Waals surface area contributed by atoms with E-state index in [0.717, 1.165) is 49.6 Å². The van der Waals surface area contributed by atoms with Gasteiger partial charge in [-0.25, -0.2) is 0 Å². The topological polar surface area (TPSA) is 67.2 Å². The molecule has 7 nitrogen and oxygen atoms in total. The van der Waals surface area contributed by atoms with Crippen molar-refractivity contribution in [2.24, 2.45) is 0 Å². The largest absolute Gasteiger partial charge is 0.361 e. The number of rotatable bonds is 4. The Hall–Kier alpha value is -2.44. The van der Waals surface area contributed by atoms with Gasteiger partial charge in [0.15, 0.2) is 11.5 Å². The summed E-state index contributed by atoms with van der Waals surface area (Å²) >= 11 is 0. The van der Waals surface area contributed by atoms with Gasteiger partial charge < -0.3 is 9.80 Å². The lowest BCUT2D eigenvalue weighted by molar-refractivity contribution is 0.0575. The lowest BCUT2D eigenvalue weighted by atomic mass is 10.0. The minimum atomic E-state index is -0.0379. The monoisotopic (exact) mass is 342 g/mol. The number of anilines is 1. The average molecular weight is 342 g/mol. The van der Waals surface area contributed by atoms with Gasteiger partial charge in [-0.2, -0.15) is 5.10 Å². The standard InChI is InChI=1S/C18H26N6O/c1-13-11-14(2)24(21-13)12-15-7-5-6-10-23(15)18(25)16-8-9-17(20-19-16)22(3)4/h8-9,11,15H,5-7,10,12H2,1-4H3/t15-/m0/s1. The normalized spacial score (nSPS) is 17.6. The van der Waals surface area contributed by atoms with Crippen LogP contribution < -0.4 is 4.90 Å². The van der Waals surface area contributed by atoms with Crippen LogP contribution in [0.4, 0.5) is 5.82 Å². The van der Waals surface area contributed by atoms with E-state index in [1.807, 2.05) is 41.6 Å². The van der Waals surface area contributed by atoms with Gasteiger partial charge in [-0.1, -0.05) is 0 Å². The molecule has 0 aliphatic carbocycles. The van der Waals surface area contributed by atoms with Gasteiger partial charge in [0.1, 0.15) is 0 Å². The highest BCUT2D eigenvalue weighted by Crippen LogP contribution is 2.21. The van der Waals surface area contributed by atoms with Crippen LogP contribution in [0.2, 0.25) is 0 Å². The molecule has 0 aromatic carbocycles. The zero-order valence-electron chi connectivity index (χ0n) is 15.4. The SMILES string of the molecule is Cc1cc(C)n(C[C@@H]2CCCCN2C(=O)c2ccc(N(C)C)nn2)n1. The molecule has 1 fully saturated rings. The van der Waals surface area contributed by atoms with Crippen molar-refractivity contribution in [2.45, 2.75) is 45.7 Å². The quantitative estimate of drug-likeness (QED) is 0.851. The van der Waals surface area contributed by atoms with Crippen molar-refractivity contribution in [3.63, 3.8) is 0 Å². The number of carbonyl (C=O) groups excluding carboxylic acids is 1. The van der Waals surface area contributed by atoms with Gasteiger partial charge in [-0.15, -0.1) is 10.2 Å². The van der Waals surface area contributed by atoms with E-state index in [1.54, 1.807) is 6.07 Å². The molecule has 3 heterocycles. The zero-order valence-corrected chi connectivity index (χ0v) is 15.4. The third-order valence-corrected chi connectivity index (χ3v) is 4.70. The molecule has 0 radical (unpaired) electrons. The van der Waals surface area contributed by atoms with Crippen LogP contribution in [0.5, 0.6) is 0 Å². The van der Waals surface area contributed by atoms with Crippen LogP contribution in [0, 0.1) is 13.8 Å². The van der Waals surface area contributed by atoms with E-state index in [0.29, 0.717) is 5.69 Å². The molecule has 0 saturated carbocycles. The number of piperidine rings is 1. The van der Waals surface area contributed by atoms with Crippen LogP contribution in [-0.2, 0) is 6.54 Å². The van der Waals surface area contributed by atoms with Gasteiger partial charge in [0, 0.05) is 26.3 Å². The maximum atomic E-state index is 13.0. The average Bonchev–Trinajstić information content (AvgIpc) is 2.92. The number of aryl methyl sites for hydroxylation is 2. The fraction of sp³-hybridized carbons (Fsp3) is 0.556. The molecule has 1 aliphatic rings. The van der Waals surface area contributed by atoms with Crippen molar-refractivity contribution in [3.8, 4) is 0 Å². The van der Waals surface area contributed by atoms with Crippen LogP contribution in [0.15, 0.2) is 18.2 Å². The molecule has 25 heavy (non-hydrogen) atoms. The number of hydrogen-bond donors (Lipinski definition) is 0. The van der Waals surface area contributed by atoms with Gasteiger partial charge in [0.05, 0.1) is 18.3 Å². The molecule has 0 spiro atoms. The molecule has 3 rings (SSSR count). The molecule has 1 aliphatic heterocycles. The minimum Gasteiger partial charge on any atom is -0.361 e. The summed E-state index contributed by atoms with van der Waals surface area (Å²) in [6.45, 7) is 5.55. The fourth-order valence-corrected chi connectivity index (χ4v) is 3.34. The third-order valence-electron chi connectivity index (χ3n) is 4.70. The van der Waals surface area contributed by atoms with E-state index in [1.165, 1.54) is 0 Å². The maximum Gasteiger partial charge on any atom is 0.274 e. The molecular formula is C18H26N6O. The van der Waals surface area contributed by atoms with Crippen LogP contribution in [-0.4, -0.2) is 57.5 Å². The Balaban J connectivity index is 1.77. The van der Waals surface area contributed by atoms with Crippen LogP contribution in [0.25, 0.3) is 0 Å². The first-order valence-corrected chi connectivity index (χ1v) is 8.79. The maximum absolute atomic E-state index is 13.0. The van der Waals surface area contributed by atoms with Crippen molar-refractivity contribution in [3.05, 3.63) is 35.3 Å². The van der Waals surface area contributed by atoms with E-state index < -0.39 is 0 Å². The summed E-state index contributed by atoms with van der Waals surface area (Å²) in [6.07, 6.45) is 3.16. The molecule has 2 aromatic rings. The fourth-order valence-electron chi connectivity index (χ4n) is 3.34. The highest BCUT2D eigenvalue weighted by molar-refractivity contribution is 5.92. The van der Waals surface area contributed by atoms with Crippen molar-refractivity contribution < 1.29 is 4.79 Å². The number of amides is 1. The van der Waals surface area contributed by atoms with E-state index >= 15 is 0 Å². The predicted octanol–water partition coefficient (Wildman–Crippen LogP) is 2.05. The first kappa shape index (κ1) is 17.4. The Bertz CT molecular complexity index is 737. The number of hydrogen-bond acceptors (Lipinski definition) is 5. The number of aromatic nitrogens is 4. The highest BCUT2D eigenvalue weighted by atomic mass is 16.2. The van der Waals surface area contributed by atoms with Crippen molar-refractivity contribution in [2.75, 3.05) is 25.5 Å². The molecule has 7 heteroatoms. The number of likely N-dealkylation sites (tertiary alicyclic amines) is 1. The Labute approximate surface area is 148 Å². The molecule has 1 atom stereocenters. The Morgan fingerprint density at radius 1 is 1.24 bits per heavy atom. The third kappa shape index (κ3) is 3.81. The Morgan fingerprint density at radius 2 is 2.04 bits per heavy atom. The van der Waals surface area contributed by atoms with Gasteiger partial charge in [-0.05, 0) is 51.3 Å². The van der Waals surface area contributed by atoms with E-state index in [2.05, 4.69) is 28.3 Å². The van der Waals surface area contributed by atoms with Gasteiger partial charge in [-0.3, -0.25) is 9.48 Å². The van der Waals surface area contributed by atoms with Gasteiger partial charge in [0.2, 0.25) is 0 Å². The van der Waals surface area contributed by atoms with Gasteiger partial charge in [0.25, 0.3) is 5.91 Å². The summed E-state index contributed by atoms with van der Waals surface area (Å²) in [7, 11) is 3.81.